The Morgan fingerprint density at radius 2 is 1.05 bits per heavy atom. The molecule has 0 bridgehead atoms. The average Bonchev–Trinajstić information content (AvgIpc) is 2.62. The van der Waals surface area contributed by atoms with E-state index in [1.54, 1.807) is 0 Å². The molecular formula is C20H20NP. The van der Waals surface area contributed by atoms with Crippen LogP contribution < -0.4 is 16.3 Å². The van der Waals surface area contributed by atoms with Gasteiger partial charge in [0.1, 0.15) is 0 Å². The summed E-state index contributed by atoms with van der Waals surface area (Å²) in [7, 11) is -0.516. The topological polar surface area (TPSA) is 26.0 Å². The molecule has 0 aliphatic carbocycles. The number of nitrogens with two attached hydrogens (primary N) is 1. The molecule has 1 unspecified atom stereocenters. The van der Waals surface area contributed by atoms with Crippen LogP contribution >= 0.6 is 7.92 Å². The predicted molar refractivity (Wildman–Crippen MR) is 97.3 cm³/mol. The number of benzene rings is 3. The first-order chi connectivity index (χ1) is 10.9. The van der Waals surface area contributed by atoms with Gasteiger partial charge in [-0.25, -0.2) is 0 Å². The van der Waals surface area contributed by atoms with Gasteiger partial charge in [-0.05, 0) is 24.1 Å². The van der Waals surface area contributed by atoms with Gasteiger partial charge in [-0.2, -0.15) is 0 Å². The highest BCUT2D eigenvalue weighted by atomic mass is 31.1. The first kappa shape index (κ1) is 15.0. The molecule has 0 spiro atoms. The molecule has 0 aromatic heterocycles. The van der Waals surface area contributed by atoms with Crippen molar-refractivity contribution in [1.29, 1.82) is 0 Å². The summed E-state index contributed by atoms with van der Waals surface area (Å²) in [6.07, 6.45) is 0. The summed E-state index contributed by atoms with van der Waals surface area (Å²) >= 11 is 0. The smallest absolute Gasteiger partial charge is 0.0245 e. The van der Waals surface area contributed by atoms with Crippen LogP contribution in [0.3, 0.4) is 0 Å². The summed E-state index contributed by atoms with van der Waals surface area (Å²) in [6.45, 7) is 0.652. The number of hydrogen-bond donors (Lipinski definition) is 1. The molecule has 1 nitrogen and oxygen atoms in total. The summed E-state index contributed by atoms with van der Waals surface area (Å²) in [6, 6.07) is 32.2. The summed E-state index contributed by atoms with van der Waals surface area (Å²) in [5, 5.41) is 2.76. The standard InChI is InChI=1S/C20H20NP/c21-16-20(17-10-4-1-5-11-17)22(18-12-6-2-7-13-18)19-14-8-3-9-15-19/h1-15,20H,16,21H2. The van der Waals surface area contributed by atoms with E-state index < -0.39 is 7.92 Å². The van der Waals surface area contributed by atoms with Crippen molar-refractivity contribution in [1.82, 2.24) is 0 Å². The highest BCUT2D eigenvalue weighted by Crippen LogP contribution is 2.48. The zero-order valence-electron chi connectivity index (χ0n) is 12.5. The largest absolute Gasteiger partial charge is 0.329 e. The fraction of sp³-hybridized carbons (Fsp3) is 0.100. The second kappa shape index (κ2) is 7.35. The quantitative estimate of drug-likeness (QED) is 0.713. The predicted octanol–water partition coefficient (Wildman–Crippen LogP) is 3.82. The molecule has 3 aromatic carbocycles. The van der Waals surface area contributed by atoms with Gasteiger partial charge in [0.25, 0.3) is 0 Å². The van der Waals surface area contributed by atoms with E-state index in [-0.39, 0.29) is 0 Å². The highest BCUT2D eigenvalue weighted by Gasteiger charge is 2.24. The zero-order valence-corrected chi connectivity index (χ0v) is 13.4. The Bertz CT molecular complexity index is 643. The Hall–Kier alpha value is -1.95. The van der Waals surface area contributed by atoms with Crippen LogP contribution in [0.5, 0.6) is 0 Å². The monoisotopic (exact) mass is 305 g/mol. The molecule has 110 valence electrons. The van der Waals surface area contributed by atoms with Crippen molar-refractivity contribution in [2.75, 3.05) is 6.54 Å². The second-order valence-corrected chi connectivity index (χ2v) is 7.60. The van der Waals surface area contributed by atoms with Crippen molar-refractivity contribution >= 4 is 18.5 Å². The van der Waals surface area contributed by atoms with Gasteiger partial charge in [0.15, 0.2) is 0 Å². The summed E-state index contributed by atoms with van der Waals surface area (Å²) in [5.41, 5.74) is 7.85. The molecule has 3 aromatic rings. The van der Waals surface area contributed by atoms with Crippen molar-refractivity contribution in [2.45, 2.75) is 5.66 Å². The molecule has 0 aliphatic heterocycles. The van der Waals surface area contributed by atoms with Crippen molar-refractivity contribution < 1.29 is 0 Å². The molecule has 0 aliphatic rings. The van der Waals surface area contributed by atoms with E-state index in [1.807, 2.05) is 0 Å². The Morgan fingerprint density at radius 1 is 0.636 bits per heavy atom. The van der Waals surface area contributed by atoms with Crippen LogP contribution in [0.15, 0.2) is 91.0 Å². The molecule has 0 fully saturated rings. The Kier molecular flexibility index (Phi) is 5.00. The molecule has 22 heavy (non-hydrogen) atoms. The average molecular weight is 305 g/mol. The molecule has 0 saturated carbocycles. The summed E-state index contributed by atoms with van der Waals surface area (Å²) in [5.74, 6) is 0. The number of rotatable bonds is 5. The number of hydrogen-bond acceptors (Lipinski definition) is 1. The molecule has 0 saturated heterocycles. The van der Waals surface area contributed by atoms with Gasteiger partial charge in [0.05, 0.1) is 0 Å². The van der Waals surface area contributed by atoms with E-state index in [9.17, 15) is 0 Å². The molecule has 0 radical (unpaired) electrons. The normalized spacial score (nSPS) is 12.3. The van der Waals surface area contributed by atoms with Crippen molar-refractivity contribution in [2.24, 2.45) is 5.73 Å². The van der Waals surface area contributed by atoms with E-state index in [4.69, 9.17) is 5.73 Å². The van der Waals surface area contributed by atoms with Crippen LogP contribution in [0.2, 0.25) is 0 Å². The third kappa shape index (κ3) is 3.27. The highest BCUT2D eigenvalue weighted by molar-refractivity contribution is 7.73. The van der Waals surface area contributed by atoms with Gasteiger partial charge < -0.3 is 5.73 Å². The lowest BCUT2D eigenvalue weighted by Crippen LogP contribution is -2.22. The van der Waals surface area contributed by atoms with Gasteiger partial charge in [0, 0.05) is 12.2 Å². The lowest BCUT2D eigenvalue weighted by atomic mass is 10.1. The van der Waals surface area contributed by atoms with Crippen LogP contribution in [0.25, 0.3) is 0 Å². The van der Waals surface area contributed by atoms with E-state index >= 15 is 0 Å². The fourth-order valence-corrected chi connectivity index (χ4v) is 5.44. The molecule has 0 heterocycles. The van der Waals surface area contributed by atoms with Crippen molar-refractivity contribution in [3.63, 3.8) is 0 Å². The van der Waals surface area contributed by atoms with Gasteiger partial charge >= 0.3 is 0 Å². The Morgan fingerprint density at radius 3 is 1.45 bits per heavy atom. The molecule has 2 heteroatoms. The molecule has 1 atom stereocenters. The third-order valence-electron chi connectivity index (χ3n) is 3.79. The lowest BCUT2D eigenvalue weighted by Gasteiger charge is -2.28. The van der Waals surface area contributed by atoms with E-state index in [0.717, 1.165) is 0 Å². The minimum atomic E-state index is -0.516. The maximum atomic E-state index is 6.20. The summed E-state index contributed by atoms with van der Waals surface area (Å²) in [4.78, 5) is 0. The van der Waals surface area contributed by atoms with Gasteiger partial charge in [-0.15, -0.1) is 0 Å². The van der Waals surface area contributed by atoms with E-state index in [0.29, 0.717) is 12.2 Å². The van der Waals surface area contributed by atoms with Gasteiger partial charge in [-0.3, -0.25) is 0 Å². The molecule has 0 amide bonds. The van der Waals surface area contributed by atoms with Crippen LogP contribution in [0.4, 0.5) is 0 Å². The second-order valence-electron chi connectivity index (χ2n) is 5.20. The fourth-order valence-electron chi connectivity index (χ4n) is 2.75. The lowest BCUT2D eigenvalue weighted by molar-refractivity contribution is 0.934. The third-order valence-corrected chi connectivity index (χ3v) is 6.63. The van der Waals surface area contributed by atoms with Crippen molar-refractivity contribution in [3.8, 4) is 0 Å². The van der Waals surface area contributed by atoms with E-state index in [1.165, 1.54) is 16.2 Å². The van der Waals surface area contributed by atoms with Gasteiger partial charge in [0.2, 0.25) is 0 Å². The zero-order chi connectivity index (χ0) is 15.2. The van der Waals surface area contributed by atoms with E-state index in [2.05, 4.69) is 91.0 Å². The van der Waals surface area contributed by atoms with Crippen molar-refractivity contribution in [3.05, 3.63) is 96.6 Å². The first-order valence-electron chi connectivity index (χ1n) is 7.54. The minimum absolute atomic E-state index is 0.334. The maximum absolute atomic E-state index is 6.20. The van der Waals surface area contributed by atoms with Crippen LogP contribution in [-0.2, 0) is 0 Å². The maximum Gasteiger partial charge on any atom is 0.0245 e. The minimum Gasteiger partial charge on any atom is -0.329 e. The van der Waals surface area contributed by atoms with Crippen LogP contribution in [0.1, 0.15) is 11.2 Å². The molecule has 3 rings (SSSR count). The van der Waals surface area contributed by atoms with Gasteiger partial charge in [-0.1, -0.05) is 91.0 Å². The Balaban J connectivity index is 2.09. The first-order valence-corrected chi connectivity index (χ1v) is 8.95. The van der Waals surface area contributed by atoms with Crippen LogP contribution in [0, 0.1) is 0 Å². The van der Waals surface area contributed by atoms with Crippen LogP contribution in [-0.4, -0.2) is 6.54 Å². The SMILES string of the molecule is NCC(c1ccccc1)P(c1ccccc1)c1ccccc1. The molecular weight excluding hydrogens is 285 g/mol. The summed E-state index contributed by atoms with van der Waals surface area (Å²) < 4.78 is 0. The molecule has 2 N–H and O–H groups in total. The Labute approximate surface area is 133 Å².